The monoisotopic (exact) mass is 282 g/mol. The average Bonchev–Trinajstić information content (AvgIpc) is 2.50. The third kappa shape index (κ3) is 4.63. The molecule has 0 spiro atoms. The first kappa shape index (κ1) is 15.1. The summed E-state index contributed by atoms with van der Waals surface area (Å²) in [6, 6.07) is 17.6. The van der Waals surface area contributed by atoms with Gasteiger partial charge in [0.1, 0.15) is 0 Å². The van der Waals surface area contributed by atoms with Gasteiger partial charge in [-0.3, -0.25) is 4.79 Å². The van der Waals surface area contributed by atoms with E-state index in [4.69, 9.17) is 5.73 Å². The molecule has 2 aromatic carbocycles. The molecule has 0 aliphatic rings. The van der Waals surface area contributed by atoms with Crippen LogP contribution in [0.4, 0.5) is 5.69 Å². The Morgan fingerprint density at radius 1 is 1.10 bits per heavy atom. The lowest BCUT2D eigenvalue weighted by Gasteiger charge is -2.18. The van der Waals surface area contributed by atoms with Crippen molar-refractivity contribution in [2.24, 2.45) is 0 Å². The second-order valence-corrected chi connectivity index (χ2v) is 5.24. The van der Waals surface area contributed by atoms with Crippen LogP contribution in [0, 0.1) is 0 Å². The lowest BCUT2D eigenvalue weighted by molar-refractivity contribution is -0.121. The molecule has 3 heteroatoms. The molecular formula is C18H22N2O. The van der Waals surface area contributed by atoms with Crippen molar-refractivity contribution < 1.29 is 4.79 Å². The van der Waals surface area contributed by atoms with Crippen molar-refractivity contribution in [3.05, 3.63) is 65.7 Å². The number of nitrogens with one attached hydrogen (secondary N) is 1. The minimum atomic E-state index is 0.0436. The number of rotatable bonds is 6. The van der Waals surface area contributed by atoms with Crippen molar-refractivity contribution in [2.45, 2.75) is 32.2 Å². The van der Waals surface area contributed by atoms with E-state index in [1.807, 2.05) is 42.5 Å². The molecule has 1 atom stereocenters. The molecule has 2 aromatic rings. The van der Waals surface area contributed by atoms with Crippen molar-refractivity contribution in [2.75, 3.05) is 5.73 Å². The molecule has 0 saturated heterocycles. The lowest BCUT2D eigenvalue weighted by Crippen LogP contribution is -2.29. The number of amides is 1. The first-order valence-corrected chi connectivity index (χ1v) is 7.37. The molecule has 110 valence electrons. The summed E-state index contributed by atoms with van der Waals surface area (Å²) in [6.45, 7) is 2.13. The Kier molecular flexibility index (Phi) is 5.38. The van der Waals surface area contributed by atoms with Crippen LogP contribution >= 0.6 is 0 Å². The summed E-state index contributed by atoms with van der Waals surface area (Å²) in [7, 11) is 0. The largest absolute Gasteiger partial charge is 0.399 e. The van der Waals surface area contributed by atoms with Crippen LogP contribution < -0.4 is 11.1 Å². The van der Waals surface area contributed by atoms with Crippen LogP contribution in [-0.4, -0.2) is 5.91 Å². The van der Waals surface area contributed by atoms with Crippen LogP contribution in [0.2, 0.25) is 0 Å². The van der Waals surface area contributed by atoms with Gasteiger partial charge in [0.15, 0.2) is 0 Å². The number of nitrogens with two attached hydrogens (primary N) is 1. The van der Waals surface area contributed by atoms with E-state index < -0.39 is 0 Å². The molecule has 1 unspecified atom stereocenters. The van der Waals surface area contributed by atoms with Gasteiger partial charge >= 0.3 is 0 Å². The quantitative estimate of drug-likeness (QED) is 0.797. The van der Waals surface area contributed by atoms with E-state index in [0.717, 1.165) is 24.0 Å². The fraction of sp³-hybridized carbons (Fsp3) is 0.278. The van der Waals surface area contributed by atoms with Gasteiger partial charge in [-0.1, -0.05) is 55.8 Å². The molecule has 0 bridgehead atoms. The van der Waals surface area contributed by atoms with Gasteiger partial charge in [-0.05, 0) is 29.7 Å². The maximum Gasteiger partial charge on any atom is 0.224 e. The third-order valence-electron chi connectivity index (χ3n) is 3.46. The highest BCUT2D eigenvalue weighted by molar-refractivity contribution is 5.79. The van der Waals surface area contributed by atoms with Gasteiger partial charge in [-0.2, -0.15) is 0 Å². The first-order valence-electron chi connectivity index (χ1n) is 7.37. The Labute approximate surface area is 126 Å². The Hall–Kier alpha value is -2.29. The smallest absolute Gasteiger partial charge is 0.224 e. The molecule has 0 aliphatic carbocycles. The number of carbonyl (C=O) groups excluding carboxylic acids is 1. The zero-order chi connectivity index (χ0) is 15.1. The van der Waals surface area contributed by atoms with Crippen LogP contribution in [0.15, 0.2) is 54.6 Å². The first-order chi connectivity index (χ1) is 10.2. The van der Waals surface area contributed by atoms with Crippen LogP contribution in [0.25, 0.3) is 0 Å². The third-order valence-corrected chi connectivity index (χ3v) is 3.46. The van der Waals surface area contributed by atoms with Crippen molar-refractivity contribution in [3.8, 4) is 0 Å². The van der Waals surface area contributed by atoms with E-state index in [1.165, 1.54) is 0 Å². The normalized spacial score (nSPS) is 11.9. The summed E-state index contributed by atoms with van der Waals surface area (Å²) < 4.78 is 0. The van der Waals surface area contributed by atoms with E-state index in [-0.39, 0.29) is 11.9 Å². The van der Waals surface area contributed by atoms with Gasteiger partial charge < -0.3 is 11.1 Å². The average molecular weight is 282 g/mol. The molecule has 0 saturated carbocycles. The molecular weight excluding hydrogens is 260 g/mol. The van der Waals surface area contributed by atoms with Crippen molar-refractivity contribution in [1.82, 2.24) is 5.32 Å². The van der Waals surface area contributed by atoms with Crippen LogP contribution in [0.1, 0.15) is 36.9 Å². The predicted molar refractivity (Wildman–Crippen MR) is 86.8 cm³/mol. The van der Waals surface area contributed by atoms with Gasteiger partial charge in [-0.15, -0.1) is 0 Å². The molecule has 0 fully saturated rings. The lowest BCUT2D eigenvalue weighted by atomic mass is 10.0. The minimum absolute atomic E-state index is 0.0436. The van der Waals surface area contributed by atoms with Crippen molar-refractivity contribution >= 4 is 11.6 Å². The number of benzene rings is 2. The zero-order valence-electron chi connectivity index (χ0n) is 12.4. The Balaban J connectivity index is 2.00. The molecule has 0 aliphatic heterocycles. The van der Waals surface area contributed by atoms with Crippen LogP contribution in [0.3, 0.4) is 0 Å². The summed E-state index contributed by atoms with van der Waals surface area (Å²) in [5.74, 6) is 0.0436. The molecule has 21 heavy (non-hydrogen) atoms. The molecule has 0 heterocycles. The van der Waals surface area contributed by atoms with E-state index >= 15 is 0 Å². The van der Waals surface area contributed by atoms with E-state index in [9.17, 15) is 4.79 Å². The Morgan fingerprint density at radius 2 is 1.76 bits per heavy atom. The number of carbonyl (C=O) groups is 1. The molecule has 1 amide bonds. The molecule has 3 N–H and O–H groups in total. The summed E-state index contributed by atoms with van der Waals surface area (Å²) in [5, 5.41) is 3.13. The zero-order valence-corrected chi connectivity index (χ0v) is 12.4. The Bertz CT molecular complexity index is 564. The fourth-order valence-corrected chi connectivity index (χ4v) is 2.36. The highest BCUT2D eigenvalue weighted by atomic mass is 16.1. The molecule has 0 aromatic heterocycles. The standard InChI is InChI=1S/C18H22N2O/c1-2-6-17(15-7-4-3-5-8-15)20-18(21)13-14-9-11-16(19)12-10-14/h3-5,7-12,17H,2,6,13,19H2,1H3,(H,20,21). The minimum Gasteiger partial charge on any atom is -0.399 e. The van der Waals surface area contributed by atoms with Gasteiger partial charge in [0, 0.05) is 5.69 Å². The van der Waals surface area contributed by atoms with Crippen LogP contribution in [-0.2, 0) is 11.2 Å². The summed E-state index contributed by atoms with van der Waals surface area (Å²) >= 11 is 0. The highest BCUT2D eigenvalue weighted by Crippen LogP contribution is 2.18. The SMILES string of the molecule is CCCC(NC(=O)Cc1ccc(N)cc1)c1ccccc1. The number of hydrogen-bond acceptors (Lipinski definition) is 2. The maximum atomic E-state index is 12.2. The molecule has 2 rings (SSSR count). The van der Waals surface area contributed by atoms with Gasteiger partial charge in [-0.25, -0.2) is 0 Å². The number of anilines is 1. The molecule has 0 radical (unpaired) electrons. The van der Waals surface area contributed by atoms with Gasteiger partial charge in [0.05, 0.1) is 12.5 Å². The van der Waals surface area contributed by atoms with Crippen molar-refractivity contribution in [1.29, 1.82) is 0 Å². The van der Waals surface area contributed by atoms with Crippen LogP contribution in [0.5, 0.6) is 0 Å². The van der Waals surface area contributed by atoms with Crippen molar-refractivity contribution in [3.63, 3.8) is 0 Å². The maximum absolute atomic E-state index is 12.2. The number of hydrogen-bond donors (Lipinski definition) is 2. The van der Waals surface area contributed by atoms with Gasteiger partial charge in [0.25, 0.3) is 0 Å². The summed E-state index contributed by atoms with van der Waals surface area (Å²) in [6.07, 6.45) is 2.35. The van der Waals surface area contributed by atoms with E-state index in [1.54, 1.807) is 0 Å². The predicted octanol–water partition coefficient (Wildman–Crippen LogP) is 3.47. The highest BCUT2D eigenvalue weighted by Gasteiger charge is 2.13. The Morgan fingerprint density at radius 3 is 2.38 bits per heavy atom. The van der Waals surface area contributed by atoms with E-state index in [2.05, 4.69) is 24.4 Å². The van der Waals surface area contributed by atoms with E-state index in [0.29, 0.717) is 12.1 Å². The second kappa shape index (κ2) is 7.48. The topological polar surface area (TPSA) is 55.1 Å². The fourth-order valence-electron chi connectivity index (χ4n) is 2.36. The molecule has 3 nitrogen and oxygen atoms in total. The number of nitrogen functional groups attached to an aromatic ring is 1. The second-order valence-electron chi connectivity index (χ2n) is 5.24. The van der Waals surface area contributed by atoms with Gasteiger partial charge in [0.2, 0.25) is 5.91 Å². The summed E-state index contributed by atoms with van der Waals surface area (Å²) in [5.41, 5.74) is 8.50. The summed E-state index contributed by atoms with van der Waals surface area (Å²) in [4.78, 5) is 12.2.